The van der Waals surface area contributed by atoms with Gasteiger partial charge < -0.3 is 26.5 Å². The summed E-state index contributed by atoms with van der Waals surface area (Å²) in [5.41, 5.74) is 9.11. The average Bonchev–Trinajstić information content (AvgIpc) is 3.38. The van der Waals surface area contributed by atoms with Gasteiger partial charge >= 0.3 is 5.97 Å². The number of aromatic nitrogens is 1. The Morgan fingerprint density at radius 2 is 1.94 bits per heavy atom. The number of aliphatic carboxylic acids is 1. The lowest BCUT2D eigenvalue weighted by Gasteiger charge is -2.10. The molecule has 170 valence electrons. The summed E-state index contributed by atoms with van der Waals surface area (Å²) < 4.78 is 0. The molecule has 6 N–H and O–H groups in total. The van der Waals surface area contributed by atoms with E-state index in [1.165, 1.54) is 0 Å². The SMILES string of the molecule is NC(=NCc1ccccc1)c1ccc2cc(C(=O)NCC3CC(CC(=O)O)C(=O)N3)[nH]c2c1. The Morgan fingerprint density at radius 3 is 2.70 bits per heavy atom. The molecule has 0 radical (unpaired) electrons. The summed E-state index contributed by atoms with van der Waals surface area (Å²) >= 11 is 0. The van der Waals surface area contributed by atoms with Gasteiger partial charge in [0.2, 0.25) is 5.91 Å². The van der Waals surface area contributed by atoms with Crippen molar-refractivity contribution in [3.8, 4) is 0 Å². The lowest BCUT2D eigenvalue weighted by Crippen LogP contribution is -2.38. The molecule has 2 aromatic carbocycles. The molecule has 4 rings (SSSR count). The minimum Gasteiger partial charge on any atom is -0.481 e. The first-order chi connectivity index (χ1) is 15.9. The number of amidine groups is 1. The van der Waals surface area contributed by atoms with Crippen LogP contribution in [0.25, 0.3) is 10.9 Å². The monoisotopic (exact) mass is 447 g/mol. The molecule has 9 nitrogen and oxygen atoms in total. The molecule has 0 spiro atoms. The van der Waals surface area contributed by atoms with E-state index in [0.717, 1.165) is 22.0 Å². The van der Waals surface area contributed by atoms with E-state index >= 15 is 0 Å². The van der Waals surface area contributed by atoms with Crippen LogP contribution in [0.2, 0.25) is 0 Å². The molecule has 2 atom stereocenters. The van der Waals surface area contributed by atoms with Gasteiger partial charge in [-0.1, -0.05) is 42.5 Å². The standard InChI is InChI=1S/C24H25N5O4/c25-22(26-12-14-4-2-1-3-5-14)16-7-6-15-9-20(29-19(15)10-16)24(33)27-13-18-8-17(11-21(30)31)23(32)28-18/h1-7,9-10,17-18,29H,8,11-13H2,(H2,25,26)(H,27,33)(H,28,32)(H,30,31). The normalized spacial score (nSPS) is 18.3. The van der Waals surface area contributed by atoms with Gasteiger partial charge in [0.25, 0.3) is 5.91 Å². The number of nitrogens with zero attached hydrogens (tertiary/aromatic N) is 1. The highest BCUT2D eigenvalue weighted by molar-refractivity contribution is 6.03. The van der Waals surface area contributed by atoms with E-state index in [0.29, 0.717) is 24.5 Å². The van der Waals surface area contributed by atoms with Crippen LogP contribution in [0.1, 0.15) is 34.5 Å². The molecule has 0 bridgehead atoms. The molecule has 2 unspecified atom stereocenters. The Balaban J connectivity index is 1.38. The largest absolute Gasteiger partial charge is 0.481 e. The number of H-pyrrole nitrogens is 1. The Hall–Kier alpha value is -4.14. The number of hydrogen-bond acceptors (Lipinski definition) is 4. The van der Waals surface area contributed by atoms with Crippen LogP contribution in [-0.4, -0.2) is 46.3 Å². The van der Waals surface area contributed by atoms with Crippen LogP contribution in [0.4, 0.5) is 0 Å². The molecular formula is C24H25N5O4. The molecule has 1 fully saturated rings. The predicted molar refractivity (Wildman–Crippen MR) is 124 cm³/mol. The molecule has 3 aromatic rings. The minimum absolute atomic E-state index is 0.210. The lowest BCUT2D eigenvalue weighted by atomic mass is 10.0. The Bertz CT molecular complexity index is 1220. The first-order valence-corrected chi connectivity index (χ1v) is 10.7. The summed E-state index contributed by atoms with van der Waals surface area (Å²) in [6.07, 6.45) is 0.168. The van der Waals surface area contributed by atoms with Crippen molar-refractivity contribution in [3.05, 3.63) is 71.4 Å². The van der Waals surface area contributed by atoms with Crippen molar-refractivity contribution < 1.29 is 19.5 Å². The predicted octanol–water partition coefficient (Wildman–Crippen LogP) is 1.78. The van der Waals surface area contributed by atoms with Crippen molar-refractivity contribution in [2.24, 2.45) is 16.6 Å². The van der Waals surface area contributed by atoms with E-state index in [2.05, 4.69) is 20.6 Å². The molecule has 1 aliphatic rings. The van der Waals surface area contributed by atoms with Crippen LogP contribution in [-0.2, 0) is 16.1 Å². The van der Waals surface area contributed by atoms with Crippen molar-refractivity contribution in [1.82, 2.24) is 15.6 Å². The quantitative estimate of drug-likeness (QED) is 0.264. The van der Waals surface area contributed by atoms with Gasteiger partial charge in [-0.05, 0) is 24.1 Å². The average molecular weight is 447 g/mol. The maximum Gasteiger partial charge on any atom is 0.304 e. The fraction of sp³-hybridized carbons (Fsp3) is 0.250. The molecule has 2 heterocycles. The van der Waals surface area contributed by atoms with Gasteiger partial charge in [-0.15, -0.1) is 0 Å². The first-order valence-electron chi connectivity index (χ1n) is 10.7. The Labute approximate surface area is 190 Å². The van der Waals surface area contributed by atoms with Crippen LogP contribution in [0, 0.1) is 5.92 Å². The summed E-state index contributed by atoms with van der Waals surface area (Å²) in [7, 11) is 0. The van der Waals surface area contributed by atoms with Crippen molar-refractivity contribution in [2.75, 3.05) is 6.54 Å². The van der Waals surface area contributed by atoms with E-state index in [9.17, 15) is 14.4 Å². The second-order valence-corrected chi connectivity index (χ2v) is 8.12. The number of fused-ring (bicyclic) bond motifs is 1. The number of carboxylic acid groups (broad SMARTS) is 1. The van der Waals surface area contributed by atoms with Gasteiger partial charge in [-0.3, -0.25) is 19.4 Å². The summed E-state index contributed by atoms with van der Waals surface area (Å²) in [5, 5.41) is 15.3. The van der Waals surface area contributed by atoms with Crippen molar-refractivity contribution in [3.63, 3.8) is 0 Å². The fourth-order valence-corrected chi connectivity index (χ4v) is 3.92. The molecule has 1 saturated heterocycles. The van der Waals surface area contributed by atoms with E-state index in [4.69, 9.17) is 10.8 Å². The highest BCUT2D eigenvalue weighted by Gasteiger charge is 2.33. The number of aliphatic imine (C=N–C) groups is 1. The molecule has 9 heteroatoms. The van der Waals surface area contributed by atoms with Crippen LogP contribution in [0.5, 0.6) is 0 Å². The number of carboxylic acids is 1. The lowest BCUT2D eigenvalue weighted by molar-refractivity contribution is -0.140. The summed E-state index contributed by atoms with van der Waals surface area (Å²) in [6, 6.07) is 16.9. The highest BCUT2D eigenvalue weighted by Crippen LogP contribution is 2.20. The molecule has 33 heavy (non-hydrogen) atoms. The van der Waals surface area contributed by atoms with Crippen molar-refractivity contribution in [2.45, 2.75) is 25.4 Å². The summed E-state index contributed by atoms with van der Waals surface area (Å²) in [4.78, 5) is 42.8. The highest BCUT2D eigenvalue weighted by atomic mass is 16.4. The minimum atomic E-state index is -1.01. The van der Waals surface area contributed by atoms with Crippen LogP contribution in [0.15, 0.2) is 59.6 Å². The molecule has 2 amide bonds. The fourth-order valence-electron chi connectivity index (χ4n) is 3.92. The topological polar surface area (TPSA) is 150 Å². The zero-order valence-corrected chi connectivity index (χ0v) is 17.9. The van der Waals surface area contributed by atoms with Crippen molar-refractivity contribution in [1.29, 1.82) is 0 Å². The number of benzene rings is 2. The molecule has 0 saturated carbocycles. The number of nitrogens with two attached hydrogens (primary N) is 1. The van der Waals surface area contributed by atoms with Gasteiger partial charge in [0.1, 0.15) is 11.5 Å². The number of carbonyl (C=O) groups excluding carboxylic acids is 2. The van der Waals surface area contributed by atoms with Crippen molar-refractivity contribution >= 4 is 34.5 Å². The third-order valence-corrected chi connectivity index (χ3v) is 5.65. The van der Waals surface area contributed by atoms with Gasteiger partial charge in [0.05, 0.1) is 18.9 Å². The van der Waals surface area contributed by atoms with E-state index in [-0.39, 0.29) is 30.8 Å². The third kappa shape index (κ3) is 5.38. The summed E-state index contributed by atoms with van der Waals surface area (Å²) in [6.45, 7) is 0.703. The number of nitrogens with one attached hydrogen (secondary N) is 3. The van der Waals surface area contributed by atoms with Gasteiger partial charge in [0, 0.05) is 29.1 Å². The molecule has 1 aromatic heterocycles. The van der Waals surface area contributed by atoms with E-state index in [1.54, 1.807) is 6.07 Å². The van der Waals surface area contributed by atoms with E-state index in [1.807, 2.05) is 48.5 Å². The zero-order chi connectivity index (χ0) is 23.4. The van der Waals surface area contributed by atoms with Gasteiger partial charge in [0.15, 0.2) is 0 Å². The smallest absolute Gasteiger partial charge is 0.304 e. The molecular weight excluding hydrogens is 422 g/mol. The third-order valence-electron chi connectivity index (χ3n) is 5.65. The number of rotatable bonds is 8. The molecule has 1 aliphatic heterocycles. The Kier molecular flexibility index (Phi) is 6.39. The second-order valence-electron chi connectivity index (χ2n) is 8.12. The number of aromatic amines is 1. The number of hydrogen-bond donors (Lipinski definition) is 5. The summed E-state index contributed by atoms with van der Waals surface area (Å²) in [5.74, 6) is -1.77. The second kappa shape index (κ2) is 9.56. The van der Waals surface area contributed by atoms with E-state index < -0.39 is 11.9 Å². The molecule has 0 aliphatic carbocycles. The maximum atomic E-state index is 12.6. The Morgan fingerprint density at radius 1 is 1.15 bits per heavy atom. The number of carbonyl (C=O) groups is 3. The van der Waals surface area contributed by atoms with Gasteiger partial charge in [-0.25, -0.2) is 0 Å². The zero-order valence-electron chi connectivity index (χ0n) is 17.9. The van der Waals surface area contributed by atoms with Gasteiger partial charge in [-0.2, -0.15) is 0 Å². The maximum absolute atomic E-state index is 12.6. The van der Waals surface area contributed by atoms with Crippen LogP contribution in [0.3, 0.4) is 0 Å². The first kappa shape index (κ1) is 22.1. The van der Waals surface area contributed by atoms with Crippen LogP contribution < -0.4 is 16.4 Å². The van der Waals surface area contributed by atoms with Crippen LogP contribution >= 0.6 is 0 Å². The number of amides is 2.